The van der Waals surface area contributed by atoms with E-state index in [2.05, 4.69) is 5.32 Å². The monoisotopic (exact) mass is 249 g/mol. The highest BCUT2D eigenvalue weighted by Gasteiger charge is 2.07. The maximum atomic E-state index is 11.6. The largest absolute Gasteiger partial charge is 0.463 e. The molecule has 1 aromatic rings. The van der Waals surface area contributed by atoms with E-state index in [0.717, 1.165) is 0 Å². The highest BCUT2D eigenvalue weighted by Crippen LogP contribution is 1.97. The quantitative estimate of drug-likeness (QED) is 0.462. The third kappa shape index (κ3) is 5.25. The van der Waals surface area contributed by atoms with Crippen LogP contribution in [-0.4, -0.2) is 30.8 Å². The van der Waals surface area contributed by atoms with Crippen LogP contribution in [0.3, 0.4) is 0 Å². The number of carbonyl (C=O) groups is 3. The summed E-state index contributed by atoms with van der Waals surface area (Å²) < 4.78 is 4.76. The summed E-state index contributed by atoms with van der Waals surface area (Å²) in [4.78, 5) is 33.2. The Morgan fingerprint density at radius 1 is 1.17 bits per heavy atom. The molecule has 0 aliphatic rings. The van der Waals surface area contributed by atoms with Crippen molar-refractivity contribution in [2.75, 3.05) is 13.2 Å². The topological polar surface area (TPSA) is 72.5 Å². The first-order chi connectivity index (χ1) is 8.59. The van der Waals surface area contributed by atoms with Crippen molar-refractivity contribution in [2.45, 2.75) is 13.3 Å². The van der Waals surface area contributed by atoms with E-state index in [9.17, 15) is 14.4 Å². The maximum Gasteiger partial charge on any atom is 0.313 e. The molecular formula is C13H15NO4. The Balaban J connectivity index is 2.21. The van der Waals surface area contributed by atoms with E-state index in [1.807, 2.05) is 6.07 Å². The van der Waals surface area contributed by atoms with Crippen LogP contribution < -0.4 is 5.32 Å². The van der Waals surface area contributed by atoms with E-state index in [1.165, 1.54) is 6.92 Å². The molecule has 5 heteroatoms. The van der Waals surface area contributed by atoms with Gasteiger partial charge in [-0.05, 0) is 19.1 Å². The smallest absolute Gasteiger partial charge is 0.313 e. The van der Waals surface area contributed by atoms with Gasteiger partial charge in [0, 0.05) is 5.56 Å². The van der Waals surface area contributed by atoms with E-state index >= 15 is 0 Å². The van der Waals surface area contributed by atoms with Gasteiger partial charge in [0.2, 0.25) is 0 Å². The number of rotatable bonds is 6. The second-order valence-corrected chi connectivity index (χ2v) is 3.72. The number of esters is 1. The van der Waals surface area contributed by atoms with Crippen molar-refractivity contribution in [1.82, 2.24) is 5.32 Å². The zero-order valence-corrected chi connectivity index (χ0v) is 10.1. The molecule has 1 aromatic carbocycles. The molecule has 0 radical (unpaired) electrons. The summed E-state index contributed by atoms with van der Waals surface area (Å²) in [5.41, 5.74) is 0.549. The van der Waals surface area contributed by atoms with Crippen molar-refractivity contribution in [3.63, 3.8) is 0 Å². The molecule has 1 N–H and O–H groups in total. The zero-order valence-electron chi connectivity index (χ0n) is 10.1. The Kier molecular flexibility index (Phi) is 5.57. The minimum Gasteiger partial charge on any atom is -0.463 e. The van der Waals surface area contributed by atoms with Crippen LogP contribution in [0.2, 0.25) is 0 Å². The molecule has 0 unspecified atom stereocenters. The Bertz CT molecular complexity index is 428. The van der Waals surface area contributed by atoms with Gasteiger partial charge < -0.3 is 10.1 Å². The fourth-order valence-corrected chi connectivity index (χ4v) is 1.28. The number of benzene rings is 1. The van der Waals surface area contributed by atoms with Crippen LogP contribution in [0.5, 0.6) is 0 Å². The molecule has 0 saturated heterocycles. The highest BCUT2D eigenvalue weighted by atomic mass is 16.5. The lowest BCUT2D eigenvalue weighted by Gasteiger charge is -2.06. The van der Waals surface area contributed by atoms with Gasteiger partial charge in [-0.15, -0.1) is 0 Å². The van der Waals surface area contributed by atoms with Gasteiger partial charge in [-0.3, -0.25) is 14.4 Å². The van der Waals surface area contributed by atoms with Crippen LogP contribution in [0.25, 0.3) is 0 Å². The molecule has 0 heterocycles. The van der Waals surface area contributed by atoms with Gasteiger partial charge in [0.25, 0.3) is 5.91 Å². The molecule has 0 spiro atoms. The molecule has 5 nitrogen and oxygen atoms in total. The molecule has 0 saturated carbocycles. The molecule has 1 amide bonds. The second kappa shape index (κ2) is 7.21. The standard InChI is InChI=1S/C13H15NO4/c1-10(15)9-12(16)18-8-7-14-13(17)11-5-3-2-4-6-11/h2-6H,7-9H2,1H3,(H,14,17). The Morgan fingerprint density at radius 3 is 2.44 bits per heavy atom. The molecule has 1 rings (SSSR count). The third-order valence-electron chi connectivity index (χ3n) is 2.08. The van der Waals surface area contributed by atoms with Crippen LogP contribution >= 0.6 is 0 Å². The average Bonchev–Trinajstić information content (AvgIpc) is 2.34. The molecular weight excluding hydrogens is 234 g/mol. The number of ether oxygens (including phenoxy) is 1. The Morgan fingerprint density at radius 2 is 1.83 bits per heavy atom. The fraction of sp³-hybridized carbons (Fsp3) is 0.308. The van der Waals surface area contributed by atoms with Crippen molar-refractivity contribution in [2.24, 2.45) is 0 Å². The molecule has 18 heavy (non-hydrogen) atoms. The highest BCUT2D eigenvalue weighted by molar-refractivity contribution is 5.94. The number of Topliss-reactive ketones (excluding diaryl/α,β-unsaturated/α-hetero) is 1. The van der Waals surface area contributed by atoms with Gasteiger partial charge in [0.15, 0.2) is 0 Å². The van der Waals surface area contributed by atoms with Gasteiger partial charge in [-0.25, -0.2) is 0 Å². The van der Waals surface area contributed by atoms with Crippen LogP contribution in [-0.2, 0) is 14.3 Å². The average molecular weight is 249 g/mol. The van der Waals surface area contributed by atoms with Crippen molar-refractivity contribution < 1.29 is 19.1 Å². The first kappa shape index (κ1) is 13.9. The fourth-order valence-electron chi connectivity index (χ4n) is 1.28. The molecule has 0 aromatic heterocycles. The number of amides is 1. The summed E-state index contributed by atoms with van der Waals surface area (Å²) in [6, 6.07) is 8.73. The molecule has 0 bridgehead atoms. The van der Waals surface area contributed by atoms with Gasteiger partial charge in [0.05, 0.1) is 6.54 Å². The number of carbonyl (C=O) groups excluding carboxylic acids is 3. The molecule has 0 atom stereocenters. The molecule has 0 fully saturated rings. The van der Waals surface area contributed by atoms with Gasteiger partial charge in [-0.2, -0.15) is 0 Å². The van der Waals surface area contributed by atoms with Gasteiger partial charge in [-0.1, -0.05) is 18.2 Å². The van der Waals surface area contributed by atoms with Crippen molar-refractivity contribution in [3.8, 4) is 0 Å². The molecule has 0 aliphatic heterocycles. The van der Waals surface area contributed by atoms with Crippen LogP contribution in [0.4, 0.5) is 0 Å². The van der Waals surface area contributed by atoms with Crippen molar-refractivity contribution >= 4 is 17.7 Å². The summed E-state index contributed by atoms with van der Waals surface area (Å²) in [5.74, 6) is -1.04. The van der Waals surface area contributed by atoms with E-state index in [-0.39, 0.29) is 31.3 Å². The van der Waals surface area contributed by atoms with Crippen LogP contribution in [0.15, 0.2) is 30.3 Å². The first-order valence-electron chi connectivity index (χ1n) is 5.58. The SMILES string of the molecule is CC(=O)CC(=O)OCCNC(=O)c1ccccc1. The van der Waals surface area contributed by atoms with Crippen molar-refractivity contribution in [1.29, 1.82) is 0 Å². The van der Waals surface area contributed by atoms with Crippen LogP contribution in [0.1, 0.15) is 23.7 Å². The van der Waals surface area contributed by atoms with Crippen LogP contribution in [0, 0.1) is 0 Å². The predicted octanol–water partition coefficient (Wildman–Crippen LogP) is 0.939. The summed E-state index contributed by atoms with van der Waals surface area (Å²) in [6.07, 6.45) is -0.230. The van der Waals surface area contributed by atoms with Gasteiger partial charge >= 0.3 is 5.97 Å². The third-order valence-corrected chi connectivity index (χ3v) is 2.08. The molecule has 96 valence electrons. The minimum absolute atomic E-state index is 0.0602. The van der Waals surface area contributed by atoms with Gasteiger partial charge in [0.1, 0.15) is 18.8 Å². The minimum atomic E-state index is -0.573. The number of ketones is 1. The van der Waals surface area contributed by atoms with E-state index < -0.39 is 5.97 Å². The maximum absolute atomic E-state index is 11.6. The van der Waals surface area contributed by atoms with E-state index in [1.54, 1.807) is 24.3 Å². The lowest BCUT2D eigenvalue weighted by atomic mass is 10.2. The molecule has 0 aliphatic carbocycles. The lowest BCUT2D eigenvalue weighted by molar-refractivity contribution is -0.145. The van der Waals surface area contributed by atoms with E-state index in [4.69, 9.17) is 4.74 Å². The summed E-state index contributed by atoms with van der Waals surface area (Å²) in [6.45, 7) is 1.60. The number of hydrogen-bond donors (Lipinski definition) is 1. The van der Waals surface area contributed by atoms with E-state index in [0.29, 0.717) is 5.56 Å². The summed E-state index contributed by atoms with van der Waals surface area (Å²) in [5, 5.41) is 2.61. The Hall–Kier alpha value is -2.17. The first-order valence-corrected chi connectivity index (χ1v) is 5.58. The second-order valence-electron chi connectivity index (χ2n) is 3.72. The van der Waals surface area contributed by atoms with Crippen molar-refractivity contribution in [3.05, 3.63) is 35.9 Å². The zero-order chi connectivity index (χ0) is 13.4. The predicted molar refractivity (Wildman–Crippen MR) is 65.0 cm³/mol. The number of nitrogens with one attached hydrogen (secondary N) is 1. The summed E-state index contributed by atoms with van der Waals surface area (Å²) >= 11 is 0. The number of hydrogen-bond acceptors (Lipinski definition) is 4. The Labute approximate surface area is 105 Å². The normalized spacial score (nSPS) is 9.61. The lowest BCUT2D eigenvalue weighted by Crippen LogP contribution is -2.28. The summed E-state index contributed by atoms with van der Waals surface area (Å²) in [7, 11) is 0.